The largest absolute Gasteiger partial charge is 0.756 e. The molecule has 2 saturated heterocycles. The molecular weight excluding hydrogens is 532 g/mol. The van der Waals surface area contributed by atoms with Gasteiger partial charge in [0.2, 0.25) is 23.7 Å². The Balaban J connectivity index is 1.59. The van der Waals surface area contributed by atoms with Gasteiger partial charge >= 0.3 is 13.8 Å². The van der Waals surface area contributed by atoms with E-state index in [9.17, 15) is 34.2 Å². The van der Waals surface area contributed by atoms with Crippen LogP contribution < -0.4 is 19.9 Å². The Labute approximate surface area is 201 Å². The molecule has 6 heterocycles. The molecule has 9 atom stereocenters. The molecule has 200 valence electrons. The highest BCUT2D eigenvalue weighted by molar-refractivity contribution is 7.60. The number of hydrogen-bond donors (Lipinski definition) is 5. The predicted octanol–water partition coefficient (Wildman–Crippen LogP) is -2.79. The van der Waals surface area contributed by atoms with Crippen LogP contribution in [0.15, 0.2) is 6.33 Å². The molecule has 2 fully saturated rings. The molecule has 18 nitrogen and oxygen atoms in total. The highest BCUT2D eigenvalue weighted by Gasteiger charge is 2.48. The van der Waals surface area contributed by atoms with Gasteiger partial charge in [0.1, 0.15) is 30.6 Å². The third-order valence-corrected chi connectivity index (χ3v) is 8.53. The second kappa shape index (κ2) is 9.20. The van der Waals surface area contributed by atoms with Crippen molar-refractivity contribution in [1.82, 2.24) is 14.5 Å². The number of fused-ring (bicyclic) bond motifs is 7. The van der Waals surface area contributed by atoms with Gasteiger partial charge in [-0.25, -0.2) is 18.0 Å². The van der Waals surface area contributed by atoms with E-state index in [1.54, 1.807) is 0 Å². The van der Waals surface area contributed by atoms with Crippen LogP contribution in [0.2, 0.25) is 0 Å². The lowest BCUT2D eigenvalue weighted by atomic mass is 10.1. The second-order valence-corrected chi connectivity index (χ2v) is 11.2. The molecule has 6 rings (SSSR count). The first-order valence-electron chi connectivity index (χ1n) is 10.5. The molecule has 0 spiro atoms. The molecule has 4 aliphatic rings. The number of methoxy groups -OCH3 is 1. The molecule has 0 aliphatic carbocycles. The molecule has 2 aromatic heterocycles. The number of nitrogen functional groups attached to an aromatic ring is 1. The first-order chi connectivity index (χ1) is 16.9. The molecule has 0 saturated carbocycles. The lowest BCUT2D eigenvalue weighted by Crippen LogP contribution is -2.48. The van der Waals surface area contributed by atoms with Gasteiger partial charge < -0.3 is 49.6 Å². The number of phosphoric acid groups is 2. The summed E-state index contributed by atoms with van der Waals surface area (Å²) in [5.41, 5.74) is 6.56. The number of hydrogen-bond acceptors (Lipinski definition) is 15. The summed E-state index contributed by atoms with van der Waals surface area (Å²) in [4.78, 5) is 30.6. The minimum atomic E-state index is -5.46. The van der Waals surface area contributed by atoms with Crippen molar-refractivity contribution in [3.63, 3.8) is 0 Å². The molecule has 36 heavy (non-hydrogen) atoms. The third-order valence-electron chi connectivity index (χ3n) is 5.97. The first kappa shape index (κ1) is 25.8. The van der Waals surface area contributed by atoms with Gasteiger partial charge in [0, 0.05) is 6.42 Å². The van der Waals surface area contributed by atoms with Gasteiger partial charge in [-0.05, 0) is 0 Å². The number of ether oxygens (including phenoxy) is 3. The van der Waals surface area contributed by atoms with Gasteiger partial charge in [0.15, 0.2) is 0 Å². The van der Waals surface area contributed by atoms with Crippen molar-refractivity contribution in [1.29, 1.82) is 0 Å². The summed E-state index contributed by atoms with van der Waals surface area (Å²) < 4.78 is 56.9. The van der Waals surface area contributed by atoms with Crippen LogP contribution in [0.5, 0.6) is 6.01 Å². The van der Waals surface area contributed by atoms with Crippen molar-refractivity contribution in [3.8, 4) is 6.01 Å². The van der Waals surface area contributed by atoms with Crippen molar-refractivity contribution in [2.24, 2.45) is 0 Å². The summed E-state index contributed by atoms with van der Waals surface area (Å²) in [6, 6.07) is 0.00120. The zero-order chi connectivity index (χ0) is 26.0. The van der Waals surface area contributed by atoms with Gasteiger partial charge in [-0.3, -0.25) is 9.09 Å². The fraction of sp³-hybridized carbons (Fsp3) is 0.688. The molecule has 6 N–H and O–H groups in total. The second-order valence-electron chi connectivity index (χ2n) is 8.25. The molecule has 2 aromatic rings. The van der Waals surface area contributed by atoms with E-state index in [-0.39, 0.29) is 29.4 Å². The number of aromatic nitrogens is 4. The van der Waals surface area contributed by atoms with Crippen LogP contribution in [0.3, 0.4) is 0 Å². The summed E-state index contributed by atoms with van der Waals surface area (Å²) in [5.74, 6) is -0.0477. The fourth-order valence-corrected chi connectivity index (χ4v) is 6.29. The Morgan fingerprint density at radius 3 is 2.64 bits per heavy atom. The zero-order valence-corrected chi connectivity index (χ0v) is 20.3. The Bertz CT molecular complexity index is 1260. The fourth-order valence-electron chi connectivity index (χ4n) is 4.23. The predicted molar refractivity (Wildman–Crippen MR) is 110 cm³/mol. The van der Waals surface area contributed by atoms with E-state index in [0.717, 1.165) is 0 Å². The smallest absolute Gasteiger partial charge is 0.478 e. The van der Waals surface area contributed by atoms with Crippen molar-refractivity contribution >= 4 is 32.6 Å². The van der Waals surface area contributed by atoms with E-state index in [1.165, 1.54) is 22.6 Å². The number of nitrogens with zero attached hydrogens (tertiary/aromatic N) is 4. The maximum absolute atomic E-state index is 12.2. The highest BCUT2D eigenvalue weighted by Crippen LogP contribution is 2.58. The normalized spacial score (nSPS) is 41.6. The number of aliphatic hydroxyl groups excluding tert-OH is 3. The van der Waals surface area contributed by atoms with E-state index in [0.29, 0.717) is 0 Å². The number of anilines is 1. The molecule has 8 bridgehead atoms. The Morgan fingerprint density at radius 2 is 1.92 bits per heavy atom. The summed E-state index contributed by atoms with van der Waals surface area (Å²) in [5, 5.41) is 31.3. The quantitative estimate of drug-likeness (QED) is 0.176. The topological polar surface area (TPSA) is 254 Å². The van der Waals surface area contributed by atoms with Crippen LogP contribution in [0.1, 0.15) is 18.9 Å². The van der Waals surface area contributed by atoms with Crippen LogP contribution in [0.4, 0.5) is 5.82 Å². The summed E-state index contributed by atoms with van der Waals surface area (Å²) in [7, 11) is -9.38. The Morgan fingerprint density at radius 1 is 1.19 bits per heavy atom. The highest BCUT2D eigenvalue weighted by atomic mass is 31.3. The van der Waals surface area contributed by atoms with Crippen LogP contribution in [-0.2, 0) is 32.0 Å². The average molecular weight is 555 g/mol. The van der Waals surface area contributed by atoms with Crippen molar-refractivity contribution < 1.29 is 66.4 Å². The number of imidazole rings is 1. The number of nitrogens with two attached hydrogens (primary N) is 1. The monoisotopic (exact) mass is 555 g/mol. The summed E-state index contributed by atoms with van der Waals surface area (Å²) >= 11 is 0. The lowest BCUT2D eigenvalue weighted by molar-refractivity contribution is -0.755. The number of aliphatic hydroxyl groups is 3. The number of phosphoric ester groups is 2. The van der Waals surface area contributed by atoms with Crippen molar-refractivity contribution in [2.75, 3.05) is 26.1 Å². The maximum Gasteiger partial charge on any atom is 0.478 e. The minimum absolute atomic E-state index is 0.00120. The number of rotatable bonds is 1. The minimum Gasteiger partial charge on any atom is -0.756 e. The van der Waals surface area contributed by atoms with Crippen LogP contribution in [0, 0.1) is 0 Å². The van der Waals surface area contributed by atoms with E-state index in [4.69, 9.17) is 24.5 Å². The van der Waals surface area contributed by atoms with Gasteiger partial charge in [0.05, 0.1) is 26.4 Å². The Hall–Kier alpha value is -1.79. The molecule has 4 aliphatic heterocycles. The zero-order valence-electron chi connectivity index (χ0n) is 18.5. The lowest BCUT2D eigenvalue weighted by Gasteiger charge is -2.26. The molecule has 2 unspecified atom stereocenters. The van der Waals surface area contributed by atoms with Gasteiger partial charge in [0.25, 0.3) is 13.6 Å². The first-order valence-corrected chi connectivity index (χ1v) is 13.5. The third kappa shape index (κ3) is 4.53. The van der Waals surface area contributed by atoms with E-state index in [1.807, 2.05) is 0 Å². The van der Waals surface area contributed by atoms with Crippen LogP contribution >= 0.6 is 15.6 Å². The average Bonchev–Trinajstić information content (AvgIpc) is 3.44. The van der Waals surface area contributed by atoms with Crippen LogP contribution in [-0.4, -0.2) is 85.6 Å². The SMILES string of the molecule is COc1nc2c(N)[n+]3cnc2n1[C@H]1C[C@H](O)[C@@H](COP(=O)(O)OP(=O)([O-])OC[C@H]2O[C@@H]3[C@H](O)[C@@H]2O)O1. The molecule has 0 radical (unpaired) electrons. The maximum atomic E-state index is 12.2. The van der Waals surface area contributed by atoms with Crippen molar-refractivity contribution in [3.05, 3.63) is 6.33 Å². The Kier molecular flexibility index (Phi) is 6.60. The molecule has 0 aromatic carbocycles. The van der Waals surface area contributed by atoms with Crippen molar-refractivity contribution in [2.45, 2.75) is 49.4 Å². The summed E-state index contributed by atoms with van der Waals surface area (Å²) in [6.45, 7) is -1.62. The van der Waals surface area contributed by atoms with E-state index in [2.05, 4.69) is 18.8 Å². The van der Waals surface area contributed by atoms with Crippen LogP contribution in [0.25, 0.3) is 11.2 Å². The van der Waals surface area contributed by atoms with Gasteiger partial charge in [-0.15, -0.1) is 0 Å². The standard InChI is InChI=1S/C16H23N5O13P2/c1-29-16-19-10-13(17)20-5-18-14(10)21(16)9-2-6(22)7(32-9)3-30-35(25,26)34-36(27,28)31-4-8-11(23)12(24)15(20)33-8/h5-9,11-12,15,17,22-24H,2-4H2,1H3,(H2,25,26,27,28)/t6-,7+,8+,9+,11+,12+,15+/m0/s1. The molecule has 20 heteroatoms. The van der Waals surface area contributed by atoms with Gasteiger partial charge in [-0.2, -0.15) is 4.98 Å². The van der Waals surface area contributed by atoms with E-state index >= 15 is 0 Å². The van der Waals surface area contributed by atoms with Gasteiger partial charge in [-0.1, -0.05) is 4.98 Å². The molecular formula is C16H23N5O13P2. The molecule has 0 amide bonds. The summed E-state index contributed by atoms with van der Waals surface area (Å²) in [6.07, 6.45) is -8.17. The van der Waals surface area contributed by atoms with E-state index < -0.39 is 71.8 Å².